The number of hydrogen-bond donors (Lipinski definition) is 1. The van der Waals surface area contributed by atoms with Gasteiger partial charge in [0.05, 0.1) is 11.4 Å². The number of nitrogens with zero attached hydrogens (tertiary/aromatic N) is 1. The van der Waals surface area contributed by atoms with E-state index in [4.69, 9.17) is 4.52 Å². The Labute approximate surface area is 116 Å². The summed E-state index contributed by atoms with van der Waals surface area (Å²) >= 11 is 0. The number of nitrogens with one attached hydrogen (secondary N) is 1. The highest BCUT2D eigenvalue weighted by Crippen LogP contribution is 2.20. The molecule has 0 aliphatic heterocycles. The quantitative estimate of drug-likeness (QED) is 0.888. The molecule has 2 rings (SSSR count). The predicted octanol–water partition coefficient (Wildman–Crippen LogP) is 1.00. The van der Waals surface area contributed by atoms with Crippen molar-refractivity contribution in [3.8, 4) is 11.3 Å². The molecular formula is C13H14N2O4S. The zero-order valence-electron chi connectivity index (χ0n) is 10.9. The van der Waals surface area contributed by atoms with Crippen molar-refractivity contribution in [3.05, 3.63) is 42.1 Å². The average Bonchev–Trinajstić information content (AvgIpc) is 2.86. The van der Waals surface area contributed by atoms with Gasteiger partial charge >= 0.3 is 0 Å². The monoisotopic (exact) mass is 294 g/mol. The molecule has 1 amide bonds. The third-order valence-corrected chi connectivity index (χ3v) is 4.05. The Hall–Kier alpha value is -2.15. The van der Waals surface area contributed by atoms with Crippen LogP contribution < -0.4 is 5.32 Å². The van der Waals surface area contributed by atoms with Crippen molar-refractivity contribution in [1.29, 1.82) is 0 Å². The van der Waals surface area contributed by atoms with Gasteiger partial charge in [0, 0.05) is 18.7 Å². The van der Waals surface area contributed by atoms with Crippen LogP contribution in [0.15, 0.2) is 40.9 Å². The highest BCUT2D eigenvalue weighted by molar-refractivity contribution is 7.91. The molecule has 7 heteroatoms. The number of rotatable bonds is 5. The molecule has 106 valence electrons. The van der Waals surface area contributed by atoms with Crippen LogP contribution in [0.5, 0.6) is 0 Å². The van der Waals surface area contributed by atoms with E-state index in [1.165, 1.54) is 7.05 Å². The SMILES string of the molecule is CNC(=O)CS(=O)(=O)Cc1cc(-c2ccccc2)on1. The van der Waals surface area contributed by atoms with Gasteiger partial charge in [-0.1, -0.05) is 35.5 Å². The van der Waals surface area contributed by atoms with E-state index in [0.717, 1.165) is 5.56 Å². The first kappa shape index (κ1) is 14.3. The number of amides is 1. The van der Waals surface area contributed by atoms with Crippen LogP contribution >= 0.6 is 0 Å². The lowest BCUT2D eigenvalue weighted by atomic mass is 10.2. The number of carbonyl (C=O) groups is 1. The van der Waals surface area contributed by atoms with Crippen molar-refractivity contribution < 1.29 is 17.7 Å². The second-order valence-electron chi connectivity index (χ2n) is 4.25. The number of hydrogen-bond acceptors (Lipinski definition) is 5. The third-order valence-electron chi connectivity index (χ3n) is 2.61. The van der Waals surface area contributed by atoms with Gasteiger partial charge in [-0.25, -0.2) is 8.42 Å². The first-order valence-electron chi connectivity index (χ1n) is 5.92. The molecule has 6 nitrogen and oxygen atoms in total. The molecular weight excluding hydrogens is 280 g/mol. The predicted molar refractivity (Wildman–Crippen MR) is 73.5 cm³/mol. The molecule has 0 aliphatic rings. The molecule has 0 spiro atoms. The van der Waals surface area contributed by atoms with Gasteiger partial charge in [0.15, 0.2) is 15.6 Å². The van der Waals surface area contributed by atoms with Crippen LogP contribution in [-0.4, -0.2) is 32.3 Å². The number of benzene rings is 1. The van der Waals surface area contributed by atoms with E-state index >= 15 is 0 Å². The van der Waals surface area contributed by atoms with Gasteiger partial charge in [0.25, 0.3) is 0 Å². The van der Waals surface area contributed by atoms with Gasteiger partial charge in [-0.15, -0.1) is 0 Å². The van der Waals surface area contributed by atoms with Gasteiger partial charge < -0.3 is 9.84 Å². The summed E-state index contributed by atoms with van der Waals surface area (Å²) in [5, 5.41) is 6.00. The third kappa shape index (κ3) is 3.67. The molecule has 0 atom stereocenters. The molecule has 0 saturated carbocycles. The van der Waals surface area contributed by atoms with Crippen molar-refractivity contribution in [2.75, 3.05) is 12.8 Å². The highest BCUT2D eigenvalue weighted by atomic mass is 32.2. The van der Waals surface area contributed by atoms with Gasteiger partial charge in [0.2, 0.25) is 5.91 Å². The van der Waals surface area contributed by atoms with Crippen LogP contribution in [0.25, 0.3) is 11.3 Å². The molecule has 0 unspecified atom stereocenters. The lowest BCUT2D eigenvalue weighted by Gasteiger charge is -2.00. The number of carbonyl (C=O) groups excluding carboxylic acids is 1. The first-order valence-corrected chi connectivity index (χ1v) is 7.74. The lowest BCUT2D eigenvalue weighted by Crippen LogP contribution is -2.27. The van der Waals surface area contributed by atoms with Crippen molar-refractivity contribution in [3.63, 3.8) is 0 Å². The van der Waals surface area contributed by atoms with E-state index in [2.05, 4.69) is 10.5 Å². The smallest absolute Gasteiger partial charge is 0.234 e. The molecule has 1 aromatic heterocycles. The second-order valence-corrected chi connectivity index (χ2v) is 6.32. The lowest BCUT2D eigenvalue weighted by molar-refractivity contribution is -0.118. The molecule has 0 bridgehead atoms. The summed E-state index contributed by atoms with van der Waals surface area (Å²) in [5.74, 6) is -0.930. The van der Waals surface area contributed by atoms with Crippen LogP contribution in [0.4, 0.5) is 0 Å². The fourth-order valence-electron chi connectivity index (χ4n) is 1.67. The Morgan fingerprint density at radius 3 is 2.65 bits per heavy atom. The van der Waals surface area contributed by atoms with Crippen LogP contribution in [-0.2, 0) is 20.4 Å². The van der Waals surface area contributed by atoms with Gasteiger partial charge in [0.1, 0.15) is 5.75 Å². The maximum Gasteiger partial charge on any atom is 0.234 e. The Kier molecular flexibility index (Phi) is 4.19. The van der Waals surface area contributed by atoms with E-state index in [0.29, 0.717) is 5.76 Å². The molecule has 0 radical (unpaired) electrons. The fraction of sp³-hybridized carbons (Fsp3) is 0.231. The van der Waals surface area contributed by atoms with Gasteiger partial charge in [-0.05, 0) is 0 Å². The fourth-order valence-corrected chi connectivity index (χ4v) is 2.90. The van der Waals surface area contributed by atoms with E-state index in [-0.39, 0.29) is 11.4 Å². The molecule has 0 aliphatic carbocycles. The minimum Gasteiger partial charge on any atom is -0.358 e. The van der Waals surface area contributed by atoms with Crippen LogP contribution in [0, 0.1) is 0 Å². The largest absolute Gasteiger partial charge is 0.358 e. The molecule has 1 aromatic carbocycles. The number of sulfone groups is 1. The summed E-state index contributed by atoms with van der Waals surface area (Å²) in [5.41, 5.74) is 1.10. The summed E-state index contributed by atoms with van der Waals surface area (Å²) < 4.78 is 28.7. The van der Waals surface area contributed by atoms with E-state index in [9.17, 15) is 13.2 Å². The second kappa shape index (κ2) is 5.87. The minimum absolute atomic E-state index is 0.285. The van der Waals surface area contributed by atoms with Crippen LogP contribution in [0.3, 0.4) is 0 Å². The maximum absolute atomic E-state index is 11.8. The van der Waals surface area contributed by atoms with Crippen LogP contribution in [0.1, 0.15) is 5.69 Å². The van der Waals surface area contributed by atoms with Crippen molar-refractivity contribution in [2.24, 2.45) is 0 Å². The Morgan fingerprint density at radius 2 is 2.00 bits per heavy atom. The topological polar surface area (TPSA) is 89.3 Å². The maximum atomic E-state index is 11.8. The molecule has 0 saturated heterocycles. The first-order chi connectivity index (χ1) is 9.50. The molecule has 2 aromatic rings. The molecule has 1 N–H and O–H groups in total. The summed E-state index contributed by atoms with van der Waals surface area (Å²) in [4.78, 5) is 11.1. The van der Waals surface area contributed by atoms with E-state index < -0.39 is 21.5 Å². The zero-order chi connectivity index (χ0) is 14.6. The van der Waals surface area contributed by atoms with Crippen LogP contribution in [0.2, 0.25) is 0 Å². The molecule has 1 heterocycles. The Bertz CT molecular complexity index is 692. The summed E-state index contributed by atoms with van der Waals surface area (Å²) in [6.07, 6.45) is 0. The van der Waals surface area contributed by atoms with Crippen molar-refractivity contribution in [2.45, 2.75) is 5.75 Å². The Balaban J connectivity index is 2.12. The van der Waals surface area contributed by atoms with Crippen molar-refractivity contribution >= 4 is 15.7 Å². The summed E-state index contributed by atoms with van der Waals surface area (Å²) in [6.45, 7) is 0. The standard InChI is InChI=1S/C13H14N2O4S/c1-14-13(16)9-20(17,18)8-11-7-12(19-15-11)10-5-3-2-4-6-10/h2-7H,8-9H2,1H3,(H,14,16). The minimum atomic E-state index is -3.55. The highest BCUT2D eigenvalue weighted by Gasteiger charge is 2.19. The van der Waals surface area contributed by atoms with Gasteiger partial charge in [-0.3, -0.25) is 4.79 Å². The molecule has 20 heavy (non-hydrogen) atoms. The normalized spacial score (nSPS) is 11.2. The van der Waals surface area contributed by atoms with E-state index in [1.807, 2.05) is 30.3 Å². The average molecular weight is 294 g/mol. The number of aromatic nitrogens is 1. The zero-order valence-corrected chi connectivity index (χ0v) is 11.7. The van der Waals surface area contributed by atoms with E-state index in [1.54, 1.807) is 6.07 Å². The Morgan fingerprint density at radius 1 is 1.30 bits per heavy atom. The molecule has 0 fully saturated rings. The summed E-state index contributed by atoms with van der Waals surface area (Å²) in [6, 6.07) is 10.8. The van der Waals surface area contributed by atoms with Crippen molar-refractivity contribution in [1.82, 2.24) is 10.5 Å². The van der Waals surface area contributed by atoms with Gasteiger partial charge in [-0.2, -0.15) is 0 Å². The summed E-state index contributed by atoms with van der Waals surface area (Å²) in [7, 11) is -2.16.